The molecular formula is C15H21N3O. The van der Waals surface area contributed by atoms with Crippen molar-refractivity contribution in [1.82, 2.24) is 9.78 Å². The SMILES string of the molecule is Cc1cc(COc2c(C)cccc2CCN)n(C)n1. The number of aromatic nitrogens is 2. The van der Waals surface area contributed by atoms with Crippen LogP contribution in [0, 0.1) is 13.8 Å². The second-order valence-corrected chi connectivity index (χ2v) is 4.79. The third-order valence-electron chi connectivity index (χ3n) is 3.17. The number of aryl methyl sites for hydroxylation is 3. The number of hydrogen-bond acceptors (Lipinski definition) is 3. The molecule has 0 radical (unpaired) electrons. The van der Waals surface area contributed by atoms with Gasteiger partial charge in [0.2, 0.25) is 0 Å². The number of hydrogen-bond donors (Lipinski definition) is 1. The second-order valence-electron chi connectivity index (χ2n) is 4.79. The van der Waals surface area contributed by atoms with Crippen molar-refractivity contribution >= 4 is 0 Å². The monoisotopic (exact) mass is 259 g/mol. The Morgan fingerprint density at radius 1 is 1.32 bits per heavy atom. The Kier molecular flexibility index (Phi) is 4.22. The summed E-state index contributed by atoms with van der Waals surface area (Å²) in [4.78, 5) is 0. The van der Waals surface area contributed by atoms with Gasteiger partial charge in [-0.1, -0.05) is 18.2 Å². The normalized spacial score (nSPS) is 10.7. The van der Waals surface area contributed by atoms with Crippen molar-refractivity contribution < 1.29 is 4.74 Å². The Morgan fingerprint density at radius 2 is 2.11 bits per heavy atom. The quantitative estimate of drug-likeness (QED) is 0.894. The van der Waals surface area contributed by atoms with Crippen LogP contribution in [0.25, 0.3) is 0 Å². The Bertz CT molecular complexity index is 561. The molecule has 0 bridgehead atoms. The molecule has 0 fully saturated rings. The third kappa shape index (κ3) is 3.15. The molecule has 0 spiro atoms. The fraction of sp³-hybridized carbons (Fsp3) is 0.400. The Labute approximate surface area is 114 Å². The number of para-hydroxylation sites is 1. The van der Waals surface area contributed by atoms with E-state index in [9.17, 15) is 0 Å². The number of benzene rings is 1. The maximum absolute atomic E-state index is 5.98. The fourth-order valence-corrected chi connectivity index (χ4v) is 2.22. The molecule has 1 aromatic carbocycles. The molecule has 1 aromatic heterocycles. The van der Waals surface area contributed by atoms with Gasteiger partial charge in [0.05, 0.1) is 11.4 Å². The molecule has 0 amide bonds. The molecule has 2 N–H and O–H groups in total. The second kappa shape index (κ2) is 5.89. The third-order valence-corrected chi connectivity index (χ3v) is 3.17. The zero-order chi connectivity index (χ0) is 13.8. The van der Waals surface area contributed by atoms with E-state index in [4.69, 9.17) is 10.5 Å². The molecule has 2 aromatic rings. The molecule has 0 saturated heterocycles. The van der Waals surface area contributed by atoms with Gasteiger partial charge in [0.25, 0.3) is 0 Å². The van der Waals surface area contributed by atoms with E-state index in [1.807, 2.05) is 30.8 Å². The zero-order valence-corrected chi connectivity index (χ0v) is 11.8. The van der Waals surface area contributed by atoms with Crippen LogP contribution in [0.4, 0.5) is 0 Å². The summed E-state index contributed by atoms with van der Waals surface area (Å²) in [7, 11) is 1.93. The lowest BCUT2D eigenvalue weighted by Gasteiger charge is -2.13. The van der Waals surface area contributed by atoms with Crippen LogP contribution in [0.3, 0.4) is 0 Å². The number of nitrogens with zero attached hydrogens (tertiary/aromatic N) is 2. The van der Waals surface area contributed by atoms with E-state index < -0.39 is 0 Å². The van der Waals surface area contributed by atoms with Crippen LogP contribution in [-0.2, 0) is 20.1 Å². The summed E-state index contributed by atoms with van der Waals surface area (Å²) < 4.78 is 7.84. The Hall–Kier alpha value is -1.81. The van der Waals surface area contributed by atoms with Crippen molar-refractivity contribution in [2.24, 2.45) is 12.8 Å². The van der Waals surface area contributed by atoms with E-state index in [2.05, 4.69) is 24.2 Å². The molecule has 102 valence electrons. The topological polar surface area (TPSA) is 53.1 Å². The van der Waals surface area contributed by atoms with Crippen LogP contribution in [0.5, 0.6) is 5.75 Å². The predicted molar refractivity (Wildman–Crippen MR) is 76.2 cm³/mol. The summed E-state index contributed by atoms with van der Waals surface area (Å²) in [5, 5.41) is 4.32. The lowest BCUT2D eigenvalue weighted by molar-refractivity contribution is 0.290. The van der Waals surface area contributed by atoms with Gasteiger partial charge in [-0.05, 0) is 44.0 Å². The van der Waals surface area contributed by atoms with Crippen molar-refractivity contribution in [3.8, 4) is 5.75 Å². The van der Waals surface area contributed by atoms with Crippen LogP contribution in [0.1, 0.15) is 22.5 Å². The molecule has 4 nitrogen and oxygen atoms in total. The minimum absolute atomic E-state index is 0.528. The van der Waals surface area contributed by atoms with Crippen LogP contribution >= 0.6 is 0 Å². The highest BCUT2D eigenvalue weighted by molar-refractivity contribution is 5.41. The number of ether oxygens (including phenoxy) is 1. The van der Waals surface area contributed by atoms with Gasteiger partial charge >= 0.3 is 0 Å². The Balaban J connectivity index is 2.17. The summed E-state index contributed by atoms with van der Waals surface area (Å²) in [6.45, 7) is 5.20. The van der Waals surface area contributed by atoms with E-state index in [-0.39, 0.29) is 0 Å². The molecular weight excluding hydrogens is 238 g/mol. The van der Waals surface area contributed by atoms with Gasteiger partial charge in [-0.2, -0.15) is 5.10 Å². The summed E-state index contributed by atoms with van der Waals surface area (Å²) in [6.07, 6.45) is 0.835. The van der Waals surface area contributed by atoms with Crippen molar-refractivity contribution in [3.63, 3.8) is 0 Å². The summed E-state index contributed by atoms with van der Waals surface area (Å²) >= 11 is 0. The molecule has 0 atom stereocenters. The van der Waals surface area contributed by atoms with E-state index in [0.29, 0.717) is 13.2 Å². The fourth-order valence-electron chi connectivity index (χ4n) is 2.22. The first-order chi connectivity index (χ1) is 9.11. The van der Waals surface area contributed by atoms with E-state index in [0.717, 1.165) is 29.1 Å². The molecule has 0 aliphatic carbocycles. The minimum atomic E-state index is 0.528. The molecule has 0 unspecified atom stereocenters. The first-order valence-electron chi connectivity index (χ1n) is 6.52. The lowest BCUT2D eigenvalue weighted by atomic mass is 10.1. The van der Waals surface area contributed by atoms with Gasteiger partial charge in [0.15, 0.2) is 0 Å². The molecule has 0 saturated carbocycles. The molecule has 0 aliphatic rings. The highest BCUT2D eigenvalue weighted by Crippen LogP contribution is 2.24. The standard InChI is InChI=1S/C15H21N3O/c1-11-5-4-6-13(7-8-16)15(11)19-10-14-9-12(2)17-18(14)3/h4-6,9H,7-8,10,16H2,1-3H3. The minimum Gasteiger partial charge on any atom is -0.487 e. The van der Waals surface area contributed by atoms with Crippen molar-refractivity contribution in [2.75, 3.05) is 6.54 Å². The highest BCUT2D eigenvalue weighted by Gasteiger charge is 2.08. The van der Waals surface area contributed by atoms with Gasteiger partial charge in [-0.15, -0.1) is 0 Å². The van der Waals surface area contributed by atoms with Gasteiger partial charge in [0.1, 0.15) is 12.4 Å². The van der Waals surface area contributed by atoms with Crippen molar-refractivity contribution in [2.45, 2.75) is 26.9 Å². The molecule has 2 rings (SSSR count). The molecule has 1 heterocycles. The molecule has 4 heteroatoms. The maximum atomic E-state index is 5.98. The van der Waals surface area contributed by atoms with Gasteiger partial charge in [0, 0.05) is 7.05 Å². The summed E-state index contributed by atoms with van der Waals surface area (Å²) in [5.41, 5.74) is 10.0. The summed E-state index contributed by atoms with van der Waals surface area (Å²) in [6, 6.07) is 8.22. The molecule has 0 aliphatic heterocycles. The number of nitrogens with two attached hydrogens (primary N) is 1. The van der Waals surface area contributed by atoms with Crippen molar-refractivity contribution in [3.05, 3.63) is 46.8 Å². The smallest absolute Gasteiger partial charge is 0.130 e. The largest absolute Gasteiger partial charge is 0.487 e. The first-order valence-corrected chi connectivity index (χ1v) is 6.52. The first kappa shape index (κ1) is 13.6. The van der Waals surface area contributed by atoms with Gasteiger partial charge in [-0.3, -0.25) is 4.68 Å². The number of rotatable bonds is 5. The lowest BCUT2D eigenvalue weighted by Crippen LogP contribution is -2.08. The Morgan fingerprint density at radius 3 is 2.74 bits per heavy atom. The van der Waals surface area contributed by atoms with E-state index in [1.165, 1.54) is 5.56 Å². The van der Waals surface area contributed by atoms with Crippen molar-refractivity contribution in [1.29, 1.82) is 0 Å². The van der Waals surface area contributed by atoms with Gasteiger partial charge in [-0.25, -0.2) is 0 Å². The van der Waals surface area contributed by atoms with E-state index >= 15 is 0 Å². The average Bonchev–Trinajstić information content (AvgIpc) is 2.67. The van der Waals surface area contributed by atoms with E-state index in [1.54, 1.807) is 0 Å². The maximum Gasteiger partial charge on any atom is 0.130 e. The van der Waals surface area contributed by atoms with Crippen LogP contribution < -0.4 is 10.5 Å². The van der Waals surface area contributed by atoms with Crippen LogP contribution in [-0.4, -0.2) is 16.3 Å². The highest BCUT2D eigenvalue weighted by atomic mass is 16.5. The zero-order valence-electron chi connectivity index (χ0n) is 11.8. The van der Waals surface area contributed by atoms with Crippen LogP contribution in [0.2, 0.25) is 0 Å². The average molecular weight is 259 g/mol. The van der Waals surface area contributed by atoms with Crippen LogP contribution in [0.15, 0.2) is 24.3 Å². The van der Waals surface area contributed by atoms with Gasteiger partial charge < -0.3 is 10.5 Å². The summed E-state index contributed by atoms with van der Waals surface area (Å²) in [5.74, 6) is 0.951. The predicted octanol–water partition coefficient (Wildman–Crippen LogP) is 2.12. The molecule has 19 heavy (non-hydrogen) atoms.